The number of sulfonamides is 1. The van der Waals surface area contributed by atoms with Crippen LogP contribution < -0.4 is 9.62 Å². The van der Waals surface area contributed by atoms with Crippen molar-refractivity contribution in [2.75, 3.05) is 17.1 Å². The Balaban J connectivity index is 2.06. The lowest BCUT2D eigenvalue weighted by atomic mass is 10.0. The maximum Gasteiger partial charge on any atom is 0.244 e. The van der Waals surface area contributed by atoms with Crippen LogP contribution in [0.3, 0.4) is 0 Å². The van der Waals surface area contributed by atoms with Crippen LogP contribution in [0.1, 0.15) is 37.0 Å². The van der Waals surface area contributed by atoms with Crippen LogP contribution in [0.15, 0.2) is 78.9 Å². The van der Waals surface area contributed by atoms with Crippen molar-refractivity contribution in [3.05, 3.63) is 101 Å². The molecule has 0 spiro atoms. The third-order valence-electron chi connectivity index (χ3n) is 6.60. The summed E-state index contributed by atoms with van der Waals surface area (Å²) in [7, 11) is -3.84. The summed E-state index contributed by atoms with van der Waals surface area (Å²) in [4.78, 5) is 29.0. The molecule has 9 heteroatoms. The summed E-state index contributed by atoms with van der Waals surface area (Å²) in [6.07, 6.45) is 1.97. The number of para-hydroxylation sites is 1. The summed E-state index contributed by atoms with van der Waals surface area (Å²) in [5.74, 6) is -1.31. The van der Waals surface area contributed by atoms with Crippen molar-refractivity contribution in [3.63, 3.8) is 0 Å². The molecule has 3 rings (SSSR count). The van der Waals surface area contributed by atoms with E-state index >= 15 is 0 Å². The first-order valence-electron chi connectivity index (χ1n) is 12.9. The average Bonchev–Trinajstić information content (AvgIpc) is 2.90. The van der Waals surface area contributed by atoms with E-state index in [2.05, 4.69) is 5.32 Å². The van der Waals surface area contributed by atoms with Gasteiger partial charge in [-0.15, -0.1) is 0 Å². The molecule has 3 aromatic rings. The minimum atomic E-state index is -3.84. The van der Waals surface area contributed by atoms with Gasteiger partial charge in [0.2, 0.25) is 21.8 Å². The molecule has 0 unspecified atom stereocenters. The molecule has 0 aliphatic heterocycles. The molecule has 2 atom stereocenters. The summed E-state index contributed by atoms with van der Waals surface area (Å²) in [6, 6.07) is 20.9. The molecule has 0 fully saturated rings. The lowest BCUT2D eigenvalue weighted by molar-refractivity contribution is -0.140. The van der Waals surface area contributed by atoms with Crippen molar-refractivity contribution < 1.29 is 22.4 Å². The monoisotopic (exact) mass is 553 g/mol. The zero-order chi connectivity index (χ0) is 28.6. The zero-order valence-corrected chi connectivity index (χ0v) is 23.6. The van der Waals surface area contributed by atoms with Crippen molar-refractivity contribution in [1.82, 2.24) is 10.2 Å². The Morgan fingerprint density at radius 1 is 0.923 bits per heavy atom. The largest absolute Gasteiger partial charge is 0.352 e. The van der Waals surface area contributed by atoms with Crippen LogP contribution in [0.25, 0.3) is 0 Å². The predicted octanol–water partition coefficient (Wildman–Crippen LogP) is 4.45. The molecule has 208 valence electrons. The number of halogens is 1. The lowest BCUT2D eigenvalue weighted by Gasteiger charge is -2.34. The maximum atomic E-state index is 14.0. The summed E-state index contributed by atoms with van der Waals surface area (Å²) in [6.45, 7) is 5.10. The number of hydrogen-bond acceptors (Lipinski definition) is 4. The average molecular weight is 554 g/mol. The number of rotatable bonds is 12. The van der Waals surface area contributed by atoms with Gasteiger partial charge in [-0.2, -0.15) is 0 Å². The standard InChI is InChI=1S/C30H36FN3O4S/c1-5-23(3)32-30(36)28(19-24-12-7-6-8-13-24)33(20-25-15-17-26(31)18-16-25)29(35)21-34(39(4,37)38)27-14-10-9-11-22(27)2/h6-18,23,28H,5,19-21H2,1-4H3,(H,32,36)/t23-,28+/m0/s1. The first kappa shape index (κ1) is 29.8. The SMILES string of the molecule is CC[C@H](C)NC(=O)[C@@H](Cc1ccccc1)N(Cc1ccc(F)cc1)C(=O)CN(c1ccccc1C)S(C)(=O)=O. The van der Waals surface area contributed by atoms with E-state index < -0.39 is 34.3 Å². The fourth-order valence-electron chi connectivity index (χ4n) is 4.22. The zero-order valence-electron chi connectivity index (χ0n) is 22.8. The normalized spacial score (nSPS) is 12.8. The van der Waals surface area contributed by atoms with Crippen molar-refractivity contribution in [2.45, 2.75) is 52.2 Å². The van der Waals surface area contributed by atoms with Crippen LogP contribution in [0, 0.1) is 12.7 Å². The third kappa shape index (κ3) is 8.38. The molecule has 0 aliphatic rings. The molecule has 0 aliphatic carbocycles. The van der Waals surface area contributed by atoms with Crippen LogP contribution in [0.5, 0.6) is 0 Å². The Bertz CT molecular complexity index is 1360. The quantitative estimate of drug-likeness (QED) is 0.359. The topological polar surface area (TPSA) is 86.8 Å². The van der Waals surface area contributed by atoms with Gasteiger partial charge in [-0.1, -0.05) is 67.6 Å². The van der Waals surface area contributed by atoms with Gasteiger partial charge in [-0.05, 0) is 55.2 Å². The molecular weight excluding hydrogens is 517 g/mol. The van der Waals surface area contributed by atoms with E-state index in [9.17, 15) is 22.4 Å². The number of benzene rings is 3. The smallest absolute Gasteiger partial charge is 0.244 e. The van der Waals surface area contributed by atoms with Gasteiger partial charge in [0.15, 0.2) is 0 Å². The van der Waals surface area contributed by atoms with E-state index in [1.54, 1.807) is 43.3 Å². The maximum absolute atomic E-state index is 14.0. The molecule has 7 nitrogen and oxygen atoms in total. The molecule has 0 bridgehead atoms. The fraction of sp³-hybridized carbons (Fsp3) is 0.333. The number of amides is 2. The molecular formula is C30H36FN3O4S. The van der Waals surface area contributed by atoms with Gasteiger partial charge in [0, 0.05) is 19.0 Å². The van der Waals surface area contributed by atoms with Crippen molar-refractivity contribution >= 4 is 27.5 Å². The molecule has 0 saturated carbocycles. The number of nitrogens with one attached hydrogen (secondary N) is 1. The van der Waals surface area contributed by atoms with Crippen molar-refractivity contribution in [3.8, 4) is 0 Å². The molecule has 2 amide bonds. The van der Waals surface area contributed by atoms with Crippen molar-refractivity contribution in [1.29, 1.82) is 0 Å². The summed E-state index contributed by atoms with van der Waals surface area (Å²) in [5, 5.41) is 2.98. The fourth-order valence-corrected chi connectivity index (χ4v) is 5.13. The number of aryl methyl sites for hydroxylation is 1. The van der Waals surface area contributed by atoms with E-state index in [4.69, 9.17) is 0 Å². The highest BCUT2D eigenvalue weighted by atomic mass is 32.2. The van der Waals surface area contributed by atoms with Gasteiger partial charge in [0.25, 0.3) is 0 Å². The Kier molecular flexibility index (Phi) is 10.2. The summed E-state index contributed by atoms with van der Waals surface area (Å²) in [5.41, 5.74) is 2.54. The van der Waals surface area contributed by atoms with Gasteiger partial charge in [0.05, 0.1) is 11.9 Å². The Hall–Kier alpha value is -3.72. The number of carbonyl (C=O) groups excluding carboxylic acids is 2. The van der Waals surface area contributed by atoms with Crippen LogP contribution in [-0.4, -0.2) is 50.0 Å². The number of nitrogens with zero attached hydrogens (tertiary/aromatic N) is 2. The second kappa shape index (κ2) is 13.4. The first-order valence-corrected chi connectivity index (χ1v) is 14.8. The molecule has 3 aromatic carbocycles. The van der Waals surface area contributed by atoms with E-state index in [0.29, 0.717) is 23.2 Å². The highest BCUT2D eigenvalue weighted by Crippen LogP contribution is 2.23. The minimum Gasteiger partial charge on any atom is -0.352 e. The second-order valence-electron chi connectivity index (χ2n) is 9.73. The lowest BCUT2D eigenvalue weighted by Crippen LogP contribution is -2.54. The highest BCUT2D eigenvalue weighted by Gasteiger charge is 2.33. The van der Waals surface area contributed by atoms with Crippen LogP contribution >= 0.6 is 0 Å². The first-order chi connectivity index (χ1) is 18.5. The molecule has 0 heterocycles. The highest BCUT2D eigenvalue weighted by molar-refractivity contribution is 7.92. The molecule has 0 aromatic heterocycles. The second-order valence-corrected chi connectivity index (χ2v) is 11.6. The van der Waals surface area contributed by atoms with E-state index in [-0.39, 0.29) is 24.9 Å². The van der Waals surface area contributed by atoms with E-state index in [1.807, 2.05) is 44.2 Å². The summed E-state index contributed by atoms with van der Waals surface area (Å²) >= 11 is 0. The predicted molar refractivity (Wildman–Crippen MR) is 152 cm³/mol. The van der Waals surface area contributed by atoms with E-state index in [0.717, 1.165) is 16.1 Å². The summed E-state index contributed by atoms with van der Waals surface area (Å²) < 4.78 is 40.4. The van der Waals surface area contributed by atoms with Gasteiger partial charge >= 0.3 is 0 Å². The van der Waals surface area contributed by atoms with Gasteiger partial charge in [0.1, 0.15) is 18.4 Å². The molecule has 0 saturated heterocycles. The number of carbonyl (C=O) groups is 2. The Morgan fingerprint density at radius 2 is 1.54 bits per heavy atom. The van der Waals surface area contributed by atoms with Gasteiger partial charge in [-0.3, -0.25) is 13.9 Å². The molecule has 39 heavy (non-hydrogen) atoms. The molecule has 1 N–H and O–H groups in total. The number of anilines is 1. The van der Waals surface area contributed by atoms with Crippen molar-refractivity contribution in [2.24, 2.45) is 0 Å². The minimum absolute atomic E-state index is 0.00405. The molecule has 0 radical (unpaired) electrons. The van der Waals surface area contributed by atoms with Crippen LogP contribution in [0.4, 0.5) is 10.1 Å². The Morgan fingerprint density at radius 3 is 2.13 bits per heavy atom. The van der Waals surface area contributed by atoms with E-state index in [1.165, 1.54) is 17.0 Å². The van der Waals surface area contributed by atoms with Crippen LogP contribution in [0.2, 0.25) is 0 Å². The van der Waals surface area contributed by atoms with Gasteiger partial charge < -0.3 is 10.2 Å². The number of hydrogen-bond donors (Lipinski definition) is 1. The Labute approximate surface area is 230 Å². The third-order valence-corrected chi connectivity index (χ3v) is 7.73. The van der Waals surface area contributed by atoms with Gasteiger partial charge in [-0.25, -0.2) is 12.8 Å². The van der Waals surface area contributed by atoms with Crippen LogP contribution in [-0.2, 0) is 32.6 Å².